The largest absolute Gasteiger partial charge is 0.490 e. The van der Waals surface area contributed by atoms with Crippen molar-refractivity contribution in [1.29, 1.82) is 0 Å². The van der Waals surface area contributed by atoms with E-state index in [9.17, 15) is 0 Å². The zero-order valence-corrected chi connectivity index (χ0v) is 20.1. The number of rotatable bonds is 4. The summed E-state index contributed by atoms with van der Waals surface area (Å²) in [7, 11) is 0. The molecule has 2 aliphatic heterocycles. The van der Waals surface area contributed by atoms with E-state index in [1.54, 1.807) is 0 Å². The average Bonchev–Trinajstić information content (AvgIpc) is 3.05. The molecule has 2 aromatic rings. The number of guanidine groups is 1. The van der Waals surface area contributed by atoms with Crippen molar-refractivity contribution in [3.8, 4) is 11.5 Å². The van der Waals surface area contributed by atoms with Crippen LogP contribution in [-0.2, 0) is 0 Å². The van der Waals surface area contributed by atoms with Gasteiger partial charge in [-0.25, -0.2) is 0 Å². The molecule has 2 aromatic carbocycles. The third kappa shape index (κ3) is 5.91. The molecule has 156 valence electrons. The van der Waals surface area contributed by atoms with Gasteiger partial charge in [0.25, 0.3) is 0 Å². The van der Waals surface area contributed by atoms with Crippen LogP contribution in [0.5, 0.6) is 11.5 Å². The van der Waals surface area contributed by atoms with Gasteiger partial charge in [0, 0.05) is 48.0 Å². The zero-order valence-electron chi connectivity index (χ0n) is 16.1. The Labute approximate surface area is 197 Å². The molecular formula is C21H26BrIN4O2. The second-order valence-electron chi connectivity index (χ2n) is 7.14. The van der Waals surface area contributed by atoms with E-state index in [0.717, 1.165) is 54.1 Å². The van der Waals surface area contributed by atoms with Gasteiger partial charge >= 0.3 is 0 Å². The normalized spacial score (nSPS) is 18.7. The Kier molecular flexibility index (Phi) is 7.88. The molecule has 0 bridgehead atoms. The molecule has 4 rings (SSSR count). The standard InChI is InChI=1S/C21H25BrN4O2.HI/c22-16-2-5-18(6-3-16)26-9-8-15(14-26)13-24-21(23)25-17-4-7-19-20(12-17)28-11-1-10-27-19;/h2-7,12,15H,1,8-11,13-14H2,(H3,23,24,25);1H. The fourth-order valence-corrected chi connectivity index (χ4v) is 3.79. The van der Waals surface area contributed by atoms with Gasteiger partial charge in [-0.15, -0.1) is 24.0 Å². The van der Waals surface area contributed by atoms with Crippen LogP contribution in [0, 0.1) is 5.92 Å². The summed E-state index contributed by atoms with van der Waals surface area (Å²) in [6.07, 6.45) is 2.01. The van der Waals surface area contributed by atoms with Crippen LogP contribution in [0.1, 0.15) is 12.8 Å². The number of nitrogens with two attached hydrogens (primary N) is 1. The van der Waals surface area contributed by atoms with Crippen LogP contribution >= 0.6 is 39.9 Å². The molecule has 1 saturated heterocycles. The summed E-state index contributed by atoms with van der Waals surface area (Å²) in [6, 6.07) is 14.2. The summed E-state index contributed by atoms with van der Waals surface area (Å²) < 4.78 is 12.5. The predicted octanol–water partition coefficient (Wildman–Crippen LogP) is 4.48. The maximum absolute atomic E-state index is 6.10. The topological polar surface area (TPSA) is 72.1 Å². The summed E-state index contributed by atoms with van der Waals surface area (Å²) in [5.74, 6) is 2.46. The van der Waals surface area contributed by atoms with Gasteiger partial charge in [-0.05, 0) is 48.7 Å². The Morgan fingerprint density at radius 2 is 1.90 bits per heavy atom. The molecule has 1 unspecified atom stereocenters. The lowest BCUT2D eigenvalue weighted by atomic mass is 10.1. The first-order valence-electron chi connectivity index (χ1n) is 9.64. The molecule has 3 N–H and O–H groups in total. The van der Waals surface area contributed by atoms with Crippen molar-refractivity contribution in [2.24, 2.45) is 16.6 Å². The number of fused-ring (bicyclic) bond motifs is 1. The van der Waals surface area contributed by atoms with Crippen LogP contribution in [0.3, 0.4) is 0 Å². The number of halogens is 2. The van der Waals surface area contributed by atoms with E-state index >= 15 is 0 Å². The molecule has 29 heavy (non-hydrogen) atoms. The van der Waals surface area contributed by atoms with E-state index in [-0.39, 0.29) is 24.0 Å². The lowest BCUT2D eigenvalue weighted by molar-refractivity contribution is 0.297. The summed E-state index contributed by atoms with van der Waals surface area (Å²) in [5, 5.41) is 3.16. The summed E-state index contributed by atoms with van der Waals surface area (Å²) in [5.41, 5.74) is 8.21. The molecular weight excluding hydrogens is 547 g/mol. The van der Waals surface area contributed by atoms with E-state index in [0.29, 0.717) is 25.1 Å². The van der Waals surface area contributed by atoms with Crippen LogP contribution in [0.25, 0.3) is 0 Å². The number of ether oxygens (including phenoxy) is 2. The van der Waals surface area contributed by atoms with Crippen molar-refractivity contribution in [3.63, 3.8) is 0 Å². The second-order valence-corrected chi connectivity index (χ2v) is 8.06. The summed E-state index contributed by atoms with van der Waals surface area (Å²) >= 11 is 3.49. The maximum atomic E-state index is 6.10. The minimum Gasteiger partial charge on any atom is -0.490 e. The first-order chi connectivity index (χ1) is 13.7. The third-order valence-corrected chi connectivity index (χ3v) is 5.55. The minimum absolute atomic E-state index is 0. The lowest BCUT2D eigenvalue weighted by Gasteiger charge is -2.18. The summed E-state index contributed by atoms with van der Waals surface area (Å²) in [4.78, 5) is 6.95. The van der Waals surface area contributed by atoms with Gasteiger partial charge < -0.3 is 25.4 Å². The van der Waals surface area contributed by atoms with Gasteiger partial charge in [-0.2, -0.15) is 0 Å². The quantitative estimate of drug-likeness (QED) is 0.321. The van der Waals surface area contributed by atoms with Crippen molar-refractivity contribution < 1.29 is 9.47 Å². The minimum atomic E-state index is 0. The van der Waals surface area contributed by atoms with Gasteiger partial charge in [0.15, 0.2) is 17.5 Å². The highest BCUT2D eigenvalue weighted by molar-refractivity contribution is 14.0. The number of benzene rings is 2. The molecule has 6 nitrogen and oxygen atoms in total. The molecule has 0 saturated carbocycles. The Hall–Kier alpha value is -1.68. The number of nitrogens with zero attached hydrogens (tertiary/aromatic N) is 2. The van der Waals surface area contributed by atoms with Crippen molar-refractivity contribution in [2.75, 3.05) is 43.1 Å². The van der Waals surface area contributed by atoms with Gasteiger partial charge in [0.2, 0.25) is 0 Å². The van der Waals surface area contributed by atoms with E-state index in [2.05, 4.69) is 55.4 Å². The lowest BCUT2D eigenvalue weighted by Crippen LogP contribution is -2.25. The SMILES string of the molecule is I.NC(=NCC1CCN(c2ccc(Br)cc2)C1)Nc1ccc2c(c1)OCCCO2. The van der Waals surface area contributed by atoms with Crippen molar-refractivity contribution in [3.05, 3.63) is 46.9 Å². The molecule has 0 amide bonds. The number of nitrogens with one attached hydrogen (secondary N) is 1. The Morgan fingerprint density at radius 3 is 2.69 bits per heavy atom. The van der Waals surface area contributed by atoms with Crippen molar-refractivity contribution in [2.45, 2.75) is 12.8 Å². The van der Waals surface area contributed by atoms with Gasteiger partial charge in [-0.3, -0.25) is 4.99 Å². The third-order valence-electron chi connectivity index (χ3n) is 5.02. The molecule has 2 heterocycles. The summed E-state index contributed by atoms with van der Waals surface area (Å²) in [6.45, 7) is 4.12. The van der Waals surface area contributed by atoms with Gasteiger partial charge in [-0.1, -0.05) is 15.9 Å². The highest BCUT2D eigenvalue weighted by Crippen LogP contribution is 2.32. The van der Waals surface area contributed by atoms with E-state index < -0.39 is 0 Å². The average molecular weight is 573 g/mol. The van der Waals surface area contributed by atoms with Crippen LogP contribution in [0.4, 0.5) is 11.4 Å². The molecule has 1 atom stereocenters. The Balaban J connectivity index is 0.00000240. The first-order valence-corrected chi connectivity index (χ1v) is 10.4. The van der Waals surface area contributed by atoms with Gasteiger partial charge in [0.05, 0.1) is 13.2 Å². The molecule has 0 aliphatic carbocycles. The number of hydrogen-bond donors (Lipinski definition) is 2. The smallest absolute Gasteiger partial charge is 0.193 e. The van der Waals surface area contributed by atoms with Crippen molar-refractivity contribution in [1.82, 2.24) is 0 Å². The number of aliphatic imine (C=N–C) groups is 1. The molecule has 0 radical (unpaired) electrons. The maximum Gasteiger partial charge on any atom is 0.193 e. The molecule has 0 spiro atoms. The van der Waals surface area contributed by atoms with Crippen molar-refractivity contribution >= 4 is 57.2 Å². The first kappa shape index (κ1) is 22.0. The van der Waals surface area contributed by atoms with Gasteiger partial charge in [0.1, 0.15) is 0 Å². The van der Waals surface area contributed by atoms with Crippen LogP contribution in [-0.4, -0.2) is 38.8 Å². The molecule has 1 fully saturated rings. The number of anilines is 2. The highest BCUT2D eigenvalue weighted by atomic mass is 127. The van der Waals surface area contributed by atoms with Crippen LogP contribution in [0.15, 0.2) is 51.9 Å². The number of hydrogen-bond acceptors (Lipinski definition) is 4. The second kappa shape index (κ2) is 10.4. The van der Waals surface area contributed by atoms with E-state index in [1.165, 1.54) is 5.69 Å². The fourth-order valence-electron chi connectivity index (χ4n) is 3.52. The molecule has 0 aromatic heterocycles. The molecule has 2 aliphatic rings. The Bertz CT molecular complexity index is 847. The predicted molar refractivity (Wildman–Crippen MR) is 132 cm³/mol. The molecule has 8 heteroatoms. The Morgan fingerprint density at radius 1 is 1.14 bits per heavy atom. The highest BCUT2D eigenvalue weighted by Gasteiger charge is 2.22. The fraction of sp³-hybridized carbons (Fsp3) is 0.381. The van der Waals surface area contributed by atoms with E-state index in [1.807, 2.05) is 18.2 Å². The zero-order chi connectivity index (χ0) is 19.3. The van der Waals surface area contributed by atoms with Crippen LogP contribution < -0.4 is 25.4 Å². The van der Waals surface area contributed by atoms with Crippen LogP contribution in [0.2, 0.25) is 0 Å². The van der Waals surface area contributed by atoms with E-state index in [4.69, 9.17) is 15.2 Å². The monoisotopic (exact) mass is 572 g/mol.